The van der Waals surface area contributed by atoms with E-state index in [1.54, 1.807) is 21.6 Å². The van der Waals surface area contributed by atoms with E-state index in [1.165, 1.54) is 0 Å². The molecular formula is C22H37N3O4S3. The number of carbonyl (C=O) groups excluding carboxylic acids is 3. The highest BCUT2D eigenvalue weighted by atomic mass is 33.1. The van der Waals surface area contributed by atoms with Crippen LogP contribution in [0.25, 0.3) is 0 Å². The molecule has 3 amide bonds. The molecule has 0 aromatic rings. The molecule has 0 unspecified atom stereocenters. The number of hydrogen-bond acceptors (Lipinski definition) is 7. The summed E-state index contributed by atoms with van der Waals surface area (Å²) in [4.78, 5) is 35.9. The number of carbonyl (C=O) groups is 3. The van der Waals surface area contributed by atoms with E-state index in [1.807, 2.05) is 25.6 Å². The van der Waals surface area contributed by atoms with Crippen LogP contribution in [0.15, 0.2) is 0 Å². The minimum absolute atomic E-state index is 0.0479. The van der Waals surface area contributed by atoms with Crippen molar-refractivity contribution < 1.29 is 19.1 Å². The molecule has 0 radical (unpaired) electrons. The second-order valence-electron chi connectivity index (χ2n) is 9.50. The summed E-state index contributed by atoms with van der Waals surface area (Å²) in [5, 5.41) is 9.41. The van der Waals surface area contributed by atoms with Gasteiger partial charge in [0.15, 0.2) is 0 Å². The van der Waals surface area contributed by atoms with Gasteiger partial charge in [0.2, 0.25) is 5.91 Å². The maximum atomic E-state index is 12.4. The Hall–Kier alpha value is -0.740. The second kappa shape index (κ2) is 12.6. The van der Waals surface area contributed by atoms with E-state index in [9.17, 15) is 14.4 Å². The third-order valence-corrected chi connectivity index (χ3v) is 10.5. The second-order valence-corrected chi connectivity index (χ2v) is 13.4. The molecule has 0 spiro atoms. The Balaban J connectivity index is 1.16. The van der Waals surface area contributed by atoms with Crippen molar-refractivity contribution >= 4 is 51.3 Å². The molecule has 7 nitrogen and oxygen atoms in total. The van der Waals surface area contributed by atoms with Crippen LogP contribution in [0.1, 0.15) is 65.2 Å². The first kappa shape index (κ1) is 25.9. The van der Waals surface area contributed by atoms with Gasteiger partial charge < -0.3 is 20.7 Å². The van der Waals surface area contributed by atoms with E-state index in [2.05, 4.69) is 16.0 Å². The van der Waals surface area contributed by atoms with Gasteiger partial charge in [0.05, 0.1) is 17.5 Å². The van der Waals surface area contributed by atoms with Crippen molar-refractivity contribution in [2.75, 3.05) is 23.8 Å². The molecule has 2 saturated heterocycles. The molecule has 32 heavy (non-hydrogen) atoms. The average Bonchev–Trinajstić information content (AvgIpc) is 3.46. The van der Waals surface area contributed by atoms with Crippen LogP contribution < -0.4 is 16.0 Å². The van der Waals surface area contributed by atoms with Crippen molar-refractivity contribution in [3.05, 3.63) is 0 Å². The monoisotopic (exact) mass is 503 g/mol. The molecule has 10 heteroatoms. The summed E-state index contributed by atoms with van der Waals surface area (Å²) >= 11 is 1.92. The maximum absolute atomic E-state index is 12.4. The third-order valence-electron chi connectivity index (χ3n) is 6.22. The highest BCUT2D eigenvalue weighted by Crippen LogP contribution is 2.34. The molecule has 3 aliphatic rings. The molecule has 3 fully saturated rings. The molecule has 0 aromatic heterocycles. The first-order chi connectivity index (χ1) is 15.3. The van der Waals surface area contributed by atoms with Gasteiger partial charge in [-0.15, -0.1) is 0 Å². The van der Waals surface area contributed by atoms with Gasteiger partial charge in [-0.05, 0) is 52.4 Å². The molecule has 3 rings (SSSR count). The third kappa shape index (κ3) is 7.94. The summed E-state index contributed by atoms with van der Waals surface area (Å²) in [7, 11) is 3.36. The molecular weight excluding hydrogens is 466 g/mol. The number of urea groups is 1. The molecule has 2 heterocycles. The molecule has 2 aliphatic heterocycles. The Bertz CT molecular complexity index is 658. The summed E-state index contributed by atoms with van der Waals surface area (Å²) in [6.45, 7) is 4.53. The molecule has 0 bridgehead atoms. The number of fused-ring (bicyclic) bond motifs is 1. The van der Waals surface area contributed by atoms with Gasteiger partial charge in [0.1, 0.15) is 6.10 Å². The van der Waals surface area contributed by atoms with Crippen molar-refractivity contribution in [3.8, 4) is 0 Å². The van der Waals surface area contributed by atoms with Crippen LogP contribution in [0, 0.1) is 5.41 Å². The predicted molar refractivity (Wildman–Crippen MR) is 134 cm³/mol. The van der Waals surface area contributed by atoms with E-state index in [0.29, 0.717) is 24.0 Å². The van der Waals surface area contributed by atoms with Crippen molar-refractivity contribution in [1.82, 2.24) is 16.0 Å². The molecule has 182 valence electrons. The van der Waals surface area contributed by atoms with Crippen LogP contribution in [0.4, 0.5) is 4.79 Å². The van der Waals surface area contributed by atoms with E-state index < -0.39 is 5.41 Å². The highest BCUT2D eigenvalue weighted by Gasteiger charge is 2.42. The van der Waals surface area contributed by atoms with Crippen LogP contribution >= 0.6 is 33.3 Å². The zero-order chi connectivity index (χ0) is 23.0. The topological polar surface area (TPSA) is 96.5 Å². The van der Waals surface area contributed by atoms with Crippen LogP contribution in [0.5, 0.6) is 0 Å². The highest BCUT2D eigenvalue weighted by molar-refractivity contribution is 8.76. The van der Waals surface area contributed by atoms with Gasteiger partial charge in [-0.2, -0.15) is 11.8 Å². The Labute approximate surface area is 203 Å². The van der Waals surface area contributed by atoms with Crippen molar-refractivity contribution in [3.63, 3.8) is 0 Å². The SMILES string of the molecule is CC(C)(CSSCCNC(=O)CCCC[C@@H]1SC[C@@H]2NC(=O)N[C@@H]21)C(=O)OC1CCCC1. The van der Waals surface area contributed by atoms with E-state index in [-0.39, 0.29) is 36.1 Å². The van der Waals surface area contributed by atoms with Crippen LogP contribution in [0.2, 0.25) is 0 Å². The van der Waals surface area contributed by atoms with Crippen LogP contribution in [-0.4, -0.2) is 65.1 Å². The number of hydrogen-bond donors (Lipinski definition) is 3. The average molecular weight is 504 g/mol. The lowest BCUT2D eigenvalue weighted by Gasteiger charge is -2.24. The maximum Gasteiger partial charge on any atom is 0.315 e. The number of amides is 3. The van der Waals surface area contributed by atoms with Crippen molar-refractivity contribution in [1.29, 1.82) is 0 Å². The standard InChI is InChI=1S/C22H37N3O4S3/c1-22(2,20(27)29-15-7-3-4-8-15)14-32-31-12-11-23-18(26)10-6-5-9-17-19-16(13-30-17)24-21(28)25-19/h15-17,19H,3-14H2,1-2H3,(H,23,26)(H2,24,25,28)/t16-,17-,19-/m0/s1. The zero-order valence-corrected chi connectivity index (χ0v) is 21.6. The fraction of sp³-hybridized carbons (Fsp3) is 0.864. The quantitative estimate of drug-likeness (QED) is 0.153. The molecule has 3 atom stereocenters. The Kier molecular flexibility index (Phi) is 10.2. The van der Waals surface area contributed by atoms with Crippen LogP contribution in [0.3, 0.4) is 0 Å². The summed E-state index contributed by atoms with van der Waals surface area (Å²) in [5.41, 5.74) is -0.488. The first-order valence-corrected chi connectivity index (χ1v) is 15.3. The Morgan fingerprint density at radius 2 is 1.97 bits per heavy atom. The van der Waals surface area contributed by atoms with E-state index in [0.717, 1.165) is 56.5 Å². The van der Waals surface area contributed by atoms with Gasteiger partial charge in [0.25, 0.3) is 0 Å². The zero-order valence-electron chi connectivity index (χ0n) is 19.2. The molecule has 3 N–H and O–H groups in total. The van der Waals surface area contributed by atoms with Gasteiger partial charge in [-0.25, -0.2) is 4.79 Å². The number of ether oxygens (including phenoxy) is 1. The fourth-order valence-electron chi connectivity index (χ4n) is 4.22. The van der Waals surface area contributed by atoms with E-state index >= 15 is 0 Å². The summed E-state index contributed by atoms with van der Waals surface area (Å²) in [6.07, 6.45) is 7.89. The largest absolute Gasteiger partial charge is 0.462 e. The summed E-state index contributed by atoms with van der Waals surface area (Å²) in [5.74, 6) is 2.50. The molecule has 1 saturated carbocycles. The summed E-state index contributed by atoms with van der Waals surface area (Å²) in [6, 6.07) is 0.457. The predicted octanol–water partition coefficient (Wildman–Crippen LogP) is 3.72. The smallest absolute Gasteiger partial charge is 0.315 e. The lowest BCUT2D eigenvalue weighted by Crippen LogP contribution is -2.36. The normalized spacial score (nSPS) is 25.3. The van der Waals surface area contributed by atoms with E-state index in [4.69, 9.17) is 4.74 Å². The minimum atomic E-state index is -0.488. The summed E-state index contributed by atoms with van der Waals surface area (Å²) < 4.78 is 5.65. The van der Waals surface area contributed by atoms with Gasteiger partial charge in [-0.3, -0.25) is 9.59 Å². The lowest BCUT2D eigenvalue weighted by atomic mass is 9.97. The van der Waals surface area contributed by atoms with Crippen molar-refractivity contribution in [2.24, 2.45) is 5.41 Å². The first-order valence-electron chi connectivity index (χ1n) is 11.8. The van der Waals surface area contributed by atoms with Crippen molar-refractivity contribution in [2.45, 2.75) is 88.7 Å². The number of rotatable bonds is 13. The Morgan fingerprint density at radius 3 is 2.75 bits per heavy atom. The number of unbranched alkanes of at least 4 members (excludes halogenated alkanes) is 1. The minimum Gasteiger partial charge on any atom is -0.462 e. The number of esters is 1. The molecule has 1 aliphatic carbocycles. The lowest BCUT2D eigenvalue weighted by molar-refractivity contribution is -0.157. The molecule has 0 aromatic carbocycles. The van der Waals surface area contributed by atoms with Crippen LogP contribution in [-0.2, 0) is 14.3 Å². The van der Waals surface area contributed by atoms with Gasteiger partial charge in [0, 0.05) is 35.5 Å². The van der Waals surface area contributed by atoms with Gasteiger partial charge >= 0.3 is 12.0 Å². The Morgan fingerprint density at radius 1 is 1.19 bits per heavy atom. The van der Waals surface area contributed by atoms with Gasteiger partial charge in [-0.1, -0.05) is 28.0 Å². The number of nitrogens with one attached hydrogen (secondary N) is 3. The fourth-order valence-corrected chi connectivity index (χ4v) is 8.30. The number of thioether (sulfide) groups is 1.